The molecule has 0 fully saturated rings. The Morgan fingerprint density at radius 2 is 1.63 bits per heavy atom. The molecule has 0 spiro atoms. The number of hydrazone groups is 1. The van der Waals surface area contributed by atoms with E-state index >= 15 is 0 Å². The van der Waals surface area contributed by atoms with Crippen LogP contribution < -0.4 is 10.3 Å². The summed E-state index contributed by atoms with van der Waals surface area (Å²) in [6, 6.07) is 20.5. The monoisotopic (exact) mass is 413 g/mol. The van der Waals surface area contributed by atoms with Crippen LogP contribution in [0.5, 0.6) is 0 Å². The van der Waals surface area contributed by atoms with E-state index in [1.807, 2.05) is 18.3 Å². The average molecular weight is 414 g/mol. The van der Waals surface area contributed by atoms with Gasteiger partial charge in [-0.15, -0.1) is 0 Å². The summed E-state index contributed by atoms with van der Waals surface area (Å²) < 4.78 is 0. The van der Waals surface area contributed by atoms with Gasteiger partial charge in [0, 0.05) is 28.1 Å². The standard InChI is InChI=1S/C24H19N3O2S/c1-2-27-19-12-5-6-13-20(19)30-21(27)14-25-26-18-11-7-10-17-22(18)24(29)16-9-4-3-8-15(16)23(17)28/h3-14,21,26H,2H2,1H3. The molecule has 5 rings (SSSR count). The first-order valence-corrected chi connectivity index (χ1v) is 10.7. The second kappa shape index (κ2) is 7.46. The number of ketones is 2. The van der Waals surface area contributed by atoms with Crippen molar-refractivity contribution in [1.29, 1.82) is 0 Å². The molecule has 1 aliphatic carbocycles. The van der Waals surface area contributed by atoms with Crippen molar-refractivity contribution in [2.24, 2.45) is 5.10 Å². The van der Waals surface area contributed by atoms with E-state index in [9.17, 15) is 9.59 Å². The first kappa shape index (κ1) is 18.6. The highest BCUT2D eigenvalue weighted by atomic mass is 32.2. The molecule has 0 aromatic heterocycles. The molecule has 1 unspecified atom stereocenters. The predicted molar refractivity (Wildman–Crippen MR) is 121 cm³/mol. The molecule has 5 nitrogen and oxygen atoms in total. The van der Waals surface area contributed by atoms with Gasteiger partial charge < -0.3 is 4.90 Å². The van der Waals surface area contributed by atoms with E-state index < -0.39 is 0 Å². The van der Waals surface area contributed by atoms with Crippen molar-refractivity contribution < 1.29 is 9.59 Å². The highest BCUT2D eigenvalue weighted by Crippen LogP contribution is 2.42. The van der Waals surface area contributed by atoms with Gasteiger partial charge in [0.2, 0.25) is 0 Å². The van der Waals surface area contributed by atoms with Crippen LogP contribution in [0.25, 0.3) is 0 Å². The molecule has 1 N–H and O–H groups in total. The van der Waals surface area contributed by atoms with Crippen LogP contribution in [0.2, 0.25) is 0 Å². The molecular formula is C24H19N3O2S. The van der Waals surface area contributed by atoms with E-state index in [0.717, 1.165) is 6.54 Å². The Bertz CT molecular complexity index is 1200. The largest absolute Gasteiger partial charge is 0.354 e. The molecule has 1 atom stereocenters. The van der Waals surface area contributed by atoms with Crippen LogP contribution in [-0.2, 0) is 0 Å². The first-order chi connectivity index (χ1) is 14.7. The first-order valence-electron chi connectivity index (χ1n) is 9.82. The zero-order valence-corrected chi connectivity index (χ0v) is 17.1. The number of nitrogens with zero attached hydrogens (tertiary/aromatic N) is 2. The average Bonchev–Trinajstić information content (AvgIpc) is 3.14. The number of nitrogens with one attached hydrogen (secondary N) is 1. The third-order valence-corrected chi connectivity index (χ3v) is 6.63. The minimum Gasteiger partial charge on any atom is -0.354 e. The minimum atomic E-state index is -0.156. The third kappa shape index (κ3) is 2.92. The molecule has 3 aromatic carbocycles. The van der Waals surface area contributed by atoms with Crippen molar-refractivity contribution in [3.63, 3.8) is 0 Å². The topological polar surface area (TPSA) is 61.8 Å². The summed E-state index contributed by atoms with van der Waals surface area (Å²) in [6.07, 6.45) is 1.84. The van der Waals surface area contributed by atoms with Gasteiger partial charge in [-0.25, -0.2) is 0 Å². The van der Waals surface area contributed by atoms with Gasteiger partial charge in [-0.05, 0) is 25.1 Å². The van der Waals surface area contributed by atoms with Crippen LogP contribution in [0.4, 0.5) is 11.4 Å². The number of anilines is 2. The molecular weight excluding hydrogens is 394 g/mol. The number of thioether (sulfide) groups is 1. The summed E-state index contributed by atoms with van der Waals surface area (Å²) in [5.74, 6) is -0.289. The molecule has 2 aliphatic rings. The van der Waals surface area contributed by atoms with Crippen molar-refractivity contribution in [2.75, 3.05) is 16.9 Å². The van der Waals surface area contributed by atoms with Crippen LogP contribution in [0.1, 0.15) is 38.8 Å². The maximum atomic E-state index is 13.1. The SMILES string of the molecule is CCN1c2ccccc2SC1C=NNc1cccc2c1C(=O)c1ccccc1C2=O. The normalized spacial score (nSPS) is 17.1. The van der Waals surface area contributed by atoms with E-state index in [4.69, 9.17) is 0 Å². The molecule has 0 saturated carbocycles. The van der Waals surface area contributed by atoms with Crippen LogP contribution in [0.15, 0.2) is 76.7 Å². The molecule has 0 saturated heterocycles. The van der Waals surface area contributed by atoms with E-state index in [1.165, 1.54) is 10.6 Å². The zero-order chi connectivity index (χ0) is 20.7. The molecule has 0 radical (unpaired) electrons. The van der Waals surface area contributed by atoms with Gasteiger partial charge in [0.25, 0.3) is 0 Å². The number of carbonyl (C=O) groups excluding carboxylic acids is 2. The number of hydrogen-bond donors (Lipinski definition) is 1. The molecule has 148 valence electrons. The summed E-state index contributed by atoms with van der Waals surface area (Å²) in [4.78, 5) is 29.5. The Labute approximate surface area is 178 Å². The van der Waals surface area contributed by atoms with Crippen LogP contribution in [0.3, 0.4) is 0 Å². The summed E-state index contributed by atoms with van der Waals surface area (Å²) >= 11 is 1.74. The van der Waals surface area contributed by atoms with E-state index in [1.54, 1.807) is 54.2 Å². The number of para-hydroxylation sites is 1. The minimum absolute atomic E-state index is 0.0671. The van der Waals surface area contributed by atoms with Gasteiger partial charge in [-0.1, -0.05) is 60.3 Å². The lowest BCUT2D eigenvalue weighted by Crippen LogP contribution is -2.30. The molecule has 1 heterocycles. The second-order valence-electron chi connectivity index (χ2n) is 7.08. The van der Waals surface area contributed by atoms with E-state index in [-0.39, 0.29) is 16.9 Å². The van der Waals surface area contributed by atoms with Crippen LogP contribution >= 0.6 is 11.8 Å². The Kier molecular flexibility index (Phi) is 4.64. The second-order valence-corrected chi connectivity index (χ2v) is 8.24. The zero-order valence-electron chi connectivity index (χ0n) is 16.3. The Hall–Kier alpha value is -3.38. The summed E-state index contributed by atoms with van der Waals surface area (Å²) in [6.45, 7) is 2.98. The van der Waals surface area contributed by atoms with Crippen molar-refractivity contribution in [1.82, 2.24) is 0 Å². The quantitative estimate of drug-likeness (QED) is 0.384. The number of rotatable bonds is 4. The predicted octanol–water partition coefficient (Wildman–Crippen LogP) is 4.82. The van der Waals surface area contributed by atoms with Crippen molar-refractivity contribution in [3.8, 4) is 0 Å². The fourth-order valence-electron chi connectivity index (χ4n) is 3.99. The molecule has 0 amide bonds. The van der Waals surface area contributed by atoms with Gasteiger partial charge in [0.15, 0.2) is 11.6 Å². The highest BCUT2D eigenvalue weighted by molar-refractivity contribution is 8.01. The van der Waals surface area contributed by atoms with Gasteiger partial charge in [0.1, 0.15) is 5.37 Å². The fourth-order valence-corrected chi connectivity index (χ4v) is 5.23. The lowest BCUT2D eigenvalue weighted by Gasteiger charge is -2.22. The van der Waals surface area contributed by atoms with Gasteiger partial charge in [-0.3, -0.25) is 15.0 Å². The van der Waals surface area contributed by atoms with Crippen LogP contribution in [0, 0.1) is 0 Å². The third-order valence-electron chi connectivity index (χ3n) is 5.41. The Balaban J connectivity index is 1.42. The molecule has 1 aliphatic heterocycles. The number of fused-ring (bicyclic) bond motifs is 3. The summed E-state index contributed by atoms with van der Waals surface area (Å²) in [5.41, 5.74) is 6.44. The lowest BCUT2D eigenvalue weighted by atomic mass is 9.83. The number of benzene rings is 3. The molecule has 30 heavy (non-hydrogen) atoms. The van der Waals surface area contributed by atoms with E-state index in [2.05, 4.69) is 34.5 Å². The Morgan fingerprint density at radius 1 is 0.933 bits per heavy atom. The highest BCUT2D eigenvalue weighted by Gasteiger charge is 2.31. The number of carbonyl (C=O) groups is 2. The van der Waals surface area contributed by atoms with Crippen molar-refractivity contribution in [3.05, 3.63) is 89.0 Å². The lowest BCUT2D eigenvalue weighted by molar-refractivity contribution is 0.0979. The van der Waals surface area contributed by atoms with Gasteiger partial charge in [0.05, 0.1) is 23.2 Å². The number of hydrogen-bond acceptors (Lipinski definition) is 6. The maximum absolute atomic E-state index is 13.1. The Morgan fingerprint density at radius 3 is 2.43 bits per heavy atom. The smallest absolute Gasteiger partial charge is 0.196 e. The molecule has 6 heteroatoms. The fraction of sp³-hybridized carbons (Fsp3) is 0.125. The molecule has 3 aromatic rings. The van der Waals surface area contributed by atoms with Gasteiger partial charge in [-0.2, -0.15) is 5.10 Å². The maximum Gasteiger partial charge on any atom is 0.196 e. The van der Waals surface area contributed by atoms with Crippen molar-refractivity contribution >= 4 is 40.9 Å². The molecule has 0 bridgehead atoms. The summed E-state index contributed by atoms with van der Waals surface area (Å²) in [5, 5.41) is 4.49. The van der Waals surface area contributed by atoms with Crippen LogP contribution in [-0.4, -0.2) is 29.7 Å². The van der Waals surface area contributed by atoms with Crippen molar-refractivity contribution in [2.45, 2.75) is 17.2 Å². The van der Waals surface area contributed by atoms with E-state index in [0.29, 0.717) is 27.9 Å². The van der Waals surface area contributed by atoms with Gasteiger partial charge >= 0.3 is 0 Å². The summed E-state index contributed by atoms with van der Waals surface area (Å²) in [7, 11) is 0.